The summed E-state index contributed by atoms with van der Waals surface area (Å²) in [4.78, 5) is 14.4. The molecule has 1 aliphatic rings. The third kappa shape index (κ3) is 1.77. The molecule has 1 aromatic carbocycles. The normalized spacial score (nSPS) is 18.1. The number of carbonyl (C=O) groups excluding carboxylic acids is 1. The Hall–Kier alpha value is -1.18. The molecule has 4 heteroatoms. The van der Waals surface area contributed by atoms with Gasteiger partial charge in [-0.3, -0.25) is 0 Å². The minimum absolute atomic E-state index is 0.0726. The number of aliphatic imine (C=N–C) groups is 1. The van der Waals surface area contributed by atoms with Gasteiger partial charge in [0.2, 0.25) is 6.08 Å². The summed E-state index contributed by atoms with van der Waals surface area (Å²) in [6.07, 6.45) is 4.99. The summed E-state index contributed by atoms with van der Waals surface area (Å²) >= 11 is 5.93. The van der Waals surface area contributed by atoms with Crippen molar-refractivity contribution < 1.29 is 9.18 Å². The molecule has 84 valence electrons. The number of nitrogens with zero attached hydrogens (tertiary/aromatic N) is 1. The van der Waals surface area contributed by atoms with E-state index in [4.69, 9.17) is 11.6 Å². The Labute approximate surface area is 98.1 Å². The van der Waals surface area contributed by atoms with Gasteiger partial charge < -0.3 is 0 Å². The van der Waals surface area contributed by atoms with Crippen LogP contribution in [0.1, 0.15) is 31.2 Å². The third-order valence-electron chi connectivity index (χ3n) is 3.14. The molecule has 16 heavy (non-hydrogen) atoms. The first kappa shape index (κ1) is 11.3. The zero-order valence-electron chi connectivity index (χ0n) is 8.67. The molecule has 0 spiro atoms. The van der Waals surface area contributed by atoms with Crippen LogP contribution in [0.2, 0.25) is 5.02 Å². The van der Waals surface area contributed by atoms with Crippen molar-refractivity contribution in [1.82, 2.24) is 0 Å². The van der Waals surface area contributed by atoms with Gasteiger partial charge in [-0.05, 0) is 18.9 Å². The van der Waals surface area contributed by atoms with Crippen molar-refractivity contribution in [1.29, 1.82) is 0 Å². The molecule has 0 atom stereocenters. The van der Waals surface area contributed by atoms with Crippen LogP contribution in [0.4, 0.5) is 4.39 Å². The van der Waals surface area contributed by atoms with Crippen LogP contribution in [0.15, 0.2) is 23.2 Å². The highest BCUT2D eigenvalue weighted by atomic mass is 35.5. The zero-order chi connectivity index (χ0) is 11.6. The second-order valence-electron chi connectivity index (χ2n) is 4.04. The predicted molar refractivity (Wildman–Crippen MR) is 59.7 cm³/mol. The van der Waals surface area contributed by atoms with Gasteiger partial charge in [0, 0.05) is 5.56 Å². The lowest BCUT2D eigenvalue weighted by Gasteiger charge is -2.23. The standard InChI is InChI=1S/C12H11ClFNO/c13-11-9(4-3-5-10(11)14)12(15-8-16)6-1-2-7-12/h3-5H,1-2,6-7H2. The fraction of sp³-hybridized carbons (Fsp3) is 0.417. The quantitative estimate of drug-likeness (QED) is 0.573. The summed E-state index contributed by atoms with van der Waals surface area (Å²) in [7, 11) is 0. The van der Waals surface area contributed by atoms with E-state index in [1.807, 2.05) is 0 Å². The summed E-state index contributed by atoms with van der Waals surface area (Å²) in [6.45, 7) is 0. The Morgan fingerprint density at radius 2 is 2.06 bits per heavy atom. The fourth-order valence-corrected chi connectivity index (χ4v) is 2.65. The van der Waals surface area contributed by atoms with Crippen molar-refractivity contribution in [3.05, 3.63) is 34.6 Å². The van der Waals surface area contributed by atoms with Crippen LogP contribution in [-0.2, 0) is 10.3 Å². The Morgan fingerprint density at radius 3 is 2.69 bits per heavy atom. The highest BCUT2D eigenvalue weighted by Crippen LogP contribution is 2.45. The molecular formula is C12H11ClFNO. The molecule has 1 aliphatic carbocycles. The minimum atomic E-state index is -0.652. The van der Waals surface area contributed by atoms with Crippen LogP contribution < -0.4 is 0 Å². The SMILES string of the molecule is O=C=NC1(c2cccc(F)c2Cl)CCCC1. The highest BCUT2D eigenvalue weighted by Gasteiger charge is 2.37. The Balaban J connectivity index is 2.55. The molecular weight excluding hydrogens is 229 g/mol. The zero-order valence-corrected chi connectivity index (χ0v) is 9.43. The van der Waals surface area contributed by atoms with Crippen molar-refractivity contribution in [2.24, 2.45) is 4.99 Å². The summed E-state index contributed by atoms with van der Waals surface area (Å²) in [5.41, 5.74) is -0.0454. The number of benzene rings is 1. The van der Waals surface area contributed by atoms with Crippen molar-refractivity contribution in [2.45, 2.75) is 31.2 Å². The lowest BCUT2D eigenvalue weighted by Crippen LogP contribution is -2.19. The summed E-state index contributed by atoms with van der Waals surface area (Å²) < 4.78 is 13.4. The second kappa shape index (κ2) is 4.36. The van der Waals surface area contributed by atoms with E-state index in [0.29, 0.717) is 5.56 Å². The van der Waals surface area contributed by atoms with E-state index in [-0.39, 0.29) is 5.02 Å². The van der Waals surface area contributed by atoms with Gasteiger partial charge in [0.05, 0.1) is 10.6 Å². The van der Waals surface area contributed by atoms with E-state index < -0.39 is 11.4 Å². The van der Waals surface area contributed by atoms with E-state index in [1.54, 1.807) is 18.2 Å². The number of hydrogen-bond acceptors (Lipinski definition) is 2. The van der Waals surface area contributed by atoms with Crippen molar-refractivity contribution >= 4 is 17.7 Å². The van der Waals surface area contributed by atoms with Crippen LogP contribution in [0, 0.1) is 5.82 Å². The Morgan fingerprint density at radius 1 is 1.38 bits per heavy atom. The molecule has 0 unspecified atom stereocenters. The predicted octanol–water partition coefficient (Wildman–Crippen LogP) is 3.58. The maximum atomic E-state index is 13.4. The molecule has 1 saturated carbocycles. The maximum Gasteiger partial charge on any atom is 0.235 e. The first-order valence-electron chi connectivity index (χ1n) is 5.23. The van der Waals surface area contributed by atoms with Gasteiger partial charge in [0.1, 0.15) is 5.82 Å². The van der Waals surface area contributed by atoms with Gasteiger partial charge in [0.25, 0.3) is 0 Å². The molecule has 2 rings (SSSR count). The average molecular weight is 240 g/mol. The molecule has 0 N–H and O–H groups in total. The van der Waals surface area contributed by atoms with Crippen molar-refractivity contribution in [2.75, 3.05) is 0 Å². The lowest BCUT2D eigenvalue weighted by molar-refractivity contribution is 0.453. The minimum Gasteiger partial charge on any atom is -0.211 e. The first-order valence-corrected chi connectivity index (χ1v) is 5.61. The molecule has 0 saturated heterocycles. The van der Waals surface area contributed by atoms with Gasteiger partial charge >= 0.3 is 0 Å². The number of halogens is 2. The topological polar surface area (TPSA) is 29.4 Å². The summed E-state index contributed by atoms with van der Waals surface area (Å²) in [5.74, 6) is -0.466. The van der Waals surface area contributed by atoms with Gasteiger partial charge in [-0.1, -0.05) is 36.6 Å². The fourth-order valence-electron chi connectivity index (χ4n) is 2.35. The van der Waals surface area contributed by atoms with Gasteiger partial charge in [-0.2, -0.15) is 4.99 Å². The molecule has 0 bridgehead atoms. The van der Waals surface area contributed by atoms with Crippen molar-refractivity contribution in [3.63, 3.8) is 0 Å². The first-order chi connectivity index (χ1) is 7.69. The maximum absolute atomic E-state index is 13.4. The van der Waals surface area contributed by atoms with Crippen LogP contribution in [0.3, 0.4) is 0 Å². The van der Waals surface area contributed by atoms with Crippen molar-refractivity contribution in [3.8, 4) is 0 Å². The molecule has 0 amide bonds. The molecule has 0 radical (unpaired) electrons. The van der Waals surface area contributed by atoms with Gasteiger partial charge in [0.15, 0.2) is 0 Å². The Kier molecular flexibility index (Phi) is 3.08. The molecule has 0 heterocycles. The molecule has 1 aromatic rings. The number of isocyanates is 1. The summed E-state index contributed by atoms with van der Waals surface area (Å²) in [5, 5.41) is 0.0726. The smallest absolute Gasteiger partial charge is 0.211 e. The third-order valence-corrected chi connectivity index (χ3v) is 3.53. The van der Waals surface area contributed by atoms with Crippen LogP contribution in [0.25, 0.3) is 0 Å². The van der Waals surface area contributed by atoms with Crippen LogP contribution in [0.5, 0.6) is 0 Å². The largest absolute Gasteiger partial charge is 0.235 e. The van der Waals surface area contributed by atoms with E-state index in [9.17, 15) is 9.18 Å². The van der Waals surface area contributed by atoms with E-state index in [0.717, 1.165) is 25.7 Å². The van der Waals surface area contributed by atoms with Crippen LogP contribution in [-0.4, -0.2) is 6.08 Å². The number of hydrogen-bond donors (Lipinski definition) is 0. The average Bonchev–Trinajstić information content (AvgIpc) is 2.72. The number of rotatable bonds is 2. The van der Waals surface area contributed by atoms with E-state index >= 15 is 0 Å². The molecule has 0 aromatic heterocycles. The molecule has 0 aliphatic heterocycles. The molecule has 2 nitrogen and oxygen atoms in total. The molecule has 1 fully saturated rings. The monoisotopic (exact) mass is 239 g/mol. The van der Waals surface area contributed by atoms with Gasteiger partial charge in [-0.15, -0.1) is 0 Å². The second-order valence-corrected chi connectivity index (χ2v) is 4.42. The highest BCUT2D eigenvalue weighted by molar-refractivity contribution is 6.31. The van der Waals surface area contributed by atoms with E-state index in [2.05, 4.69) is 4.99 Å². The lowest BCUT2D eigenvalue weighted by atomic mass is 9.89. The van der Waals surface area contributed by atoms with Crippen LogP contribution >= 0.6 is 11.6 Å². The van der Waals surface area contributed by atoms with E-state index in [1.165, 1.54) is 6.07 Å². The summed E-state index contributed by atoms with van der Waals surface area (Å²) in [6, 6.07) is 4.63. The Bertz CT molecular complexity index is 448. The van der Waals surface area contributed by atoms with Gasteiger partial charge in [-0.25, -0.2) is 9.18 Å².